The Morgan fingerprint density at radius 2 is 1.71 bits per heavy atom. The van der Waals surface area contributed by atoms with Gasteiger partial charge in [-0.2, -0.15) is 10.5 Å². The maximum atomic E-state index is 9.25. The van der Waals surface area contributed by atoms with Crippen molar-refractivity contribution in [2.75, 3.05) is 33.2 Å². The second-order valence-corrected chi connectivity index (χ2v) is 9.77. The Bertz CT molecular complexity index is 1400. The summed E-state index contributed by atoms with van der Waals surface area (Å²) in [5.41, 5.74) is 6.43. The van der Waals surface area contributed by atoms with Gasteiger partial charge in [0.2, 0.25) is 0 Å². The largest absolute Gasteiger partial charge is 0.305 e. The Morgan fingerprint density at radius 1 is 0.941 bits per heavy atom. The van der Waals surface area contributed by atoms with Gasteiger partial charge in [-0.1, -0.05) is 12.1 Å². The Kier molecular flexibility index (Phi) is 6.17. The van der Waals surface area contributed by atoms with Crippen LogP contribution >= 0.6 is 11.3 Å². The van der Waals surface area contributed by atoms with Gasteiger partial charge in [0.1, 0.15) is 11.7 Å². The average molecular weight is 467 g/mol. The molecule has 4 aromatic rings. The summed E-state index contributed by atoms with van der Waals surface area (Å²) in [6.45, 7) is 6.48. The molecule has 4 heterocycles. The van der Waals surface area contributed by atoms with Gasteiger partial charge in [0.15, 0.2) is 0 Å². The molecule has 0 amide bonds. The number of nitrogens with zero attached hydrogens (tertiary/aromatic N) is 6. The van der Waals surface area contributed by atoms with Crippen molar-refractivity contribution in [3.8, 4) is 33.8 Å². The Balaban J connectivity index is 1.65. The maximum absolute atomic E-state index is 9.25. The lowest BCUT2D eigenvalue weighted by atomic mass is 10.0. The van der Waals surface area contributed by atoms with E-state index < -0.39 is 0 Å². The number of likely N-dealkylation sites (N-methyl/N-ethyl adjacent to an activating group) is 1. The van der Waals surface area contributed by atoms with Crippen LogP contribution in [0.4, 0.5) is 0 Å². The van der Waals surface area contributed by atoms with Gasteiger partial charge in [0.25, 0.3) is 0 Å². The number of hydrogen-bond acceptors (Lipinski definition) is 6. The zero-order valence-electron chi connectivity index (χ0n) is 19.4. The third kappa shape index (κ3) is 4.22. The SMILES string of the molecule is CC(c1c(-c2ccc(C#N)cc2)nc2ccc(-c3cc(C#N)cs3)cn12)N1CCCN(C)CC1. The molecule has 1 aromatic carbocycles. The number of pyridine rings is 1. The first kappa shape index (κ1) is 22.3. The molecule has 0 bridgehead atoms. The molecule has 0 radical (unpaired) electrons. The van der Waals surface area contributed by atoms with Gasteiger partial charge < -0.3 is 9.30 Å². The molecule has 1 fully saturated rings. The normalized spacial score (nSPS) is 16.1. The second kappa shape index (κ2) is 9.40. The van der Waals surface area contributed by atoms with Crippen molar-refractivity contribution in [2.45, 2.75) is 19.4 Å². The minimum atomic E-state index is 0.167. The highest BCUT2D eigenvalue weighted by Gasteiger charge is 2.26. The summed E-state index contributed by atoms with van der Waals surface area (Å²) in [6.07, 6.45) is 3.29. The first-order valence-electron chi connectivity index (χ1n) is 11.5. The van der Waals surface area contributed by atoms with Crippen LogP contribution in [0.25, 0.3) is 27.3 Å². The van der Waals surface area contributed by atoms with Crippen LogP contribution in [-0.4, -0.2) is 52.4 Å². The van der Waals surface area contributed by atoms with E-state index in [-0.39, 0.29) is 6.04 Å². The van der Waals surface area contributed by atoms with Crippen molar-refractivity contribution in [1.29, 1.82) is 10.5 Å². The van der Waals surface area contributed by atoms with E-state index in [1.165, 1.54) is 0 Å². The predicted octanol–water partition coefficient (Wildman–Crippen LogP) is 5.17. The smallest absolute Gasteiger partial charge is 0.137 e. The van der Waals surface area contributed by atoms with Gasteiger partial charge in [-0.05, 0) is 57.3 Å². The van der Waals surface area contributed by atoms with E-state index >= 15 is 0 Å². The van der Waals surface area contributed by atoms with Crippen LogP contribution in [0, 0.1) is 22.7 Å². The molecule has 170 valence electrons. The van der Waals surface area contributed by atoms with Crippen LogP contribution in [0.3, 0.4) is 0 Å². The van der Waals surface area contributed by atoms with Crippen LogP contribution in [-0.2, 0) is 0 Å². The van der Waals surface area contributed by atoms with E-state index in [4.69, 9.17) is 4.98 Å². The van der Waals surface area contributed by atoms with Crippen molar-refractivity contribution in [2.24, 2.45) is 0 Å². The summed E-state index contributed by atoms with van der Waals surface area (Å²) in [5.74, 6) is 0. The Morgan fingerprint density at radius 3 is 2.44 bits per heavy atom. The van der Waals surface area contributed by atoms with Crippen LogP contribution in [0.15, 0.2) is 54.0 Å². The fraction of sp³-hybridized carbons (Fsp3) is 0.296. The topological polar surface area (TPSA) is 71.4 Å². The fourth-order valence-corrected chi connectivity index (χ4v) is 5.52. The highest BCUT2D eigenvalue weighted by molar-refractivity contribution is 7.13. The zero-order valence-corrected chi connectivity index (χ0v) is 20.2. The number of thiophene rings is 1. The average Bonchev–Trinajstić information content (AvgIpc) is 3.44. The summed E-state index contributed by atoms with van der Waals surface area (Å²) < 4.78 is 2.22. The molecule has 0 saturated carbocycles. The van der Waals surface area contributed by atoms with Crippen molar-refractivity contribution in [3.63, 3.8) is 0 Å². The van der Waals surface area contributed by atoms with E-state index in [0.29, 0.717) is 11.1 Å². The maximum Gasteiger partial charge on any atom is 0.137 e. The van der Waals surface area contributed by atoms with Crippen molar-refractivity contribution < 1.29 is 0 Å². The van der Waals surface area contributed by atoms with Gasteiger partial charge in [0.05, 0.1) is 28.6 Å². The quantitative estimate of drug-likeness (QED) is 0.415. The lowest BCUT2D eigenvalue weighted by Gasteiger charge is -2.28. The molecule has 1 atom stereocenters. The van der Waals surface area contributed by atoms with Crippen LogP contribution in [0.5, 0.6) is 0 Å². The third-order valence-electron chi connectivity index (χ3n) is 6.65. The Hall–Kier alpha value is -3.49. The molecular formula is C27H26N6S. The minimum Gasteiger partial charge on any atom is -0.305 e. The van der Waals surface area contributed by atoms with E-state index in [1.54, 1.807) is 11.3 Å². The molecule has 5 rings (SSSR count). The molecule has 0 spiro atoms. The van der Waals surface area contributed by atoms with Crippen molar-refractivity contribution >= 4 is 17.0 Å². The van der Waals surface area contributed by atoms with Crippen LogP contribution in [0.1, 0.15) is 36.2 Å². The molecular weight excluding hydrogens is 440 g/mol. The van der Waals surface area contributed by atoms with E-state index in [1.807, 2.05) is 35.7 Å². The summed E-state index contributed by atoms with van der Waals surface area (Å²) in [4.78, 5) is 11.1. The molecule has 1 saturated heterocycles. The summed E-state index contributed by atoms with van der Waals surface area (Å²) in [6, 6.07) is 18.4. The second-order valence-electron chi connectivity index (χ2n) is 8.86. The van der Waals surface area contributed by atoms with Crippen LogP contribution < -0.4 is 0 Å². The number of rotatable bonds is 4. The van der Waals surface area contributed by atoms with Crippen molar-refractivity contribution in [3.05, 3.63) is 70.9 Å². The number of nitriles is 2. The van der Waals surface area contributed by atoms with Gasteiger partial charge >= 0.3 is 0 Å². The van der Waals surface area contributed by atoms with E-state index in [0.717, 1.165) is 65.6 Å². The zero-order chi connectivity index (χ0) is 23.7. The highest BCUT2D eigenvalue weighted by Crippen LogP contribution is 2.35. The first-order chi connectivity index (χ1) is 16.6. The number of imidazole rings is 1. The monoisotopic (exact) mass is 466 g/mol. The van der Waals surface area contributed by atoms with Crippen molar-refractivity contribution in [1.82, 2.24) is 19.2 Å². The van der Waals surface area contributed by atoms with Gasteiger partial charge in [-0.15, -0.1) is 11.3 Å². The summed E-state index contributed by atoms with van der Waals surface area (Å²) in [5, 5.41) is 20.4. The molecule has 1 unspecified atom stereocenters. The molecule has 6 nitrogen and oxygen atoms in total. The first-order valence-corrected chi connectivity index (χ1v) is 12.4. The molecule has 0 aliphatic carbocycles. The lowest BCUT2D eigenvalue weighted by molar-refractivity contribution is 0.213. The standard InChI is InChI=1S/C27H26N6S/c1-19(32-11-3-10-31(2)12-13-32)27-26(22-6-4-20(15-28)5-7-22)30-25-9-8-23(17-33(25)27)24-14-21(16-29)18-34-24/h4-9,14,17-19H,3,10-13H2,1-2H3. The highest BCUT2D eigenvalue weighted by atomic mass is 32.1. The molecule has 1 aliphatic rings. The van der Waals surface area contributed by atoms with E-state index in [2.05, 4.69) is 58.6 Å². The van der Waals surface area contributed by atoms with E-state index in [9.17, 15) is 10.5 Å². The number of benzene rings is 1. The van der Waals surface area contributed by atoms with Crippen LogP contribution in [0.2, 0.25) is 0 Å². The third-order valence-corrected chi connectivity index (χ3v) is 7.63. The summed E-state index contributed by atoms with van der Waals surface area (Å²) in [7, 11) is 2.19. The molecule has 34 heavy (non-hydrogen) atoms. The molecule has 0 N–H and O–H groups in total. The lowest BCUT2D eigenvalue weighted by Crippen LogP contribution is -2.32. The summed E-state index contributed by atoms with van der Waals surface area (Å²) >= 11 is 1.59. The molecule has 7 heteroatoms. The van der Waals surface area contributed by atoms with Gasteiger partial charge in [-0.25, -0.2) is 4.98 Å². The number of hydrogen-bond donors (Lipinski definition) is 0. The van der Waals surface area contributed by atoms with Gasteiger partial charge in [-0.3, -0.25) is 4.90 Å². The fourth-order valence-electron chi connectivity index (χ4n) is 4.70. The predicted molar refractivity (Wildman–Crippen MR) is 135 cm³/mol. The number of aromatic nitrogens is 2. The van der Waals surface area contributed by atoms with Gasteiger partial charge in [0, 0.05) is 53.3 Å². The molecule has 1 aliphatic heterocycles. The molecule has 3 aromatic heterocycles. The minimum absolute atomic E-state index is 0.167. The number of fused-ring (bicyclic) bond motifs is 1. The Labute approximate surface area is 203 Å².